The molecule has 1 saturated heterocycles. The number of anilines is 1. The average Bonchev–Trinajstić information content (AvgIpc) is 3.48. The first-order valence-electron chi connectivity index (χ1n) is 12.3. The van der Waals surface area contributed by atoms with Gasteiger partial charge in [-0.3, -0.25) is 18.7 Å². The molecule has 2 aromatic carbocycles. The first-order chi connectivity index (χ1) is 18.2. The fourth-order valence-corrected chi connectivity index (χ4v) is 6.63. The maximum absolute atomic E-state index is 13.8. The van der Waals surface area contributed by atoms with Gasteiger partial charge < -0.3 is 14.2 Å². The van der Waals surface area contributed by atoms with Crippen molar-refractivity contribution in [3.63, 3.8) is 0 Å². The van der Waals surface area contributed by atoms with E-state index in [9.17, 15) is 22.8 Å². The van der Waals surface area contributed by atoms with Crippen LogP contribution in [0.1, 0.15) is 44.0 Å². The number of halogens is 2. The summed E-state index contributed by atoms with van der Waals surface area (Å²) in [4.78, 5) is 40.0. The molecule has 0 saturated carbocycles. The molecule has 1 fully saturated rings. The van der Waals surface area contributed by atoms with Gasteiger partial charge in [0, 0.05) is 41.8 Å². The highest BCUT2D eigenvalue weighted by atomic mass is 35.5. The molecule has 0 N–H and O–H groups in total. The molecule has 0 radical (unpaired) electrons. The molecule has 1 aliphatic heterocycles. The summed E-state index contributed by atoms with van der Waals surface area (Å²) >= 11 is 12.2. The third-order valence-electron chi connectivity index (χ3n) is 6.21. The Kier molecular flexibility index (Phi) is 8.03. The van der Waals surface area contributed by atoms with E-state index in [0.29, 0.717) is 24.0 Å². The Bertz CT molecular complexity index is 1550. The minimum atomic E-state index is -4.34. The monoisotopic (exact) mass is 593 g/mol. The molecule has 0 bridgehead atoms. The van der Waals surface area contributed by atoms with Gasteiger partial charge in [0.05, 0.1) is 21.7 Å². The third-order valence-corrected chi connectivity index (χ3v) is 8.40. The van der Waals surface area contributed by atoms with Crippen molar-refractivity contribution in [2.24, 2.45) is 7.05 Å². The Balaban J connectivity index is 1.79. The van der Waals surface area contributed by atoms with E-state index in [0.717, 1.165) is 17.1 Å². The number of fused-ring (bicyclic) bond motifs is 1. The molecule has 208 valence electrons. The number of amides is 1. The van der Waals surface area contributed by atoms with Crippen molar-refractivity contribution in [3.8, 4) is 0 Å². The van der Waals surface area contributed by atoms with Crippen LogP contribution in [0.4, 0.5) is 5.69 Å². The summed E-state index contributed by atoms with van der Waals surface area (Å²) in [7, 11) is -2.65. The summed E-state index contributed by atoms with van der Waals surface area (Å²) in [6.07, 6.45) is 3.27. The fraction of sp³-hybridized carbons (Fsp3) is 0.370. The van der Waals surface area contributed by atoms with Crippen molar-refractivity contribution < 1.29 is 27.5 Å². The second-order valence-corrected chi connectivity index (χ2v) is 13.1. The lowest BCUT2D eigenvalue weighted by atomic mass is 10.1. The SMILES string of the molecule is Cn1cc(C(=O)C(=O)N2CCCC2)c2ccc(N(CC(=O)OC(C)(C)C)S(=O)(=O)c3cc(Cl)cc(Cl)c3)cc21. The molecular weight excluding hydrogens is 565 g/mol. The van der Waals surface area contributed by atoms with Gasteiger partial charge in [0.15, 0.2) is 0 Å². The molecule has 39 heavy (non-hydrogen) atoms. The largest absolute Gasteiger partial charge is 0.459 e. The average molecular weight is 595 g/mol. The number of sulfonamides is 1. The molecule has 0 aliphatic carbocycles. The van der Waals surface area contributed by atoms with Crippen LogP contribution in [0, 0.1) is 0 Å². The molecule has 3 aromatic rings. The summed E-state index contributed by atoms with van der Waals surface area (Å²) in [5, 5.41) is 0.711. The molecule has 4 rings (SSSR count). The van der Waals surface area contributed by atoms with Crippen LogP contribution in [-0.2, 0) is 31.4 Å². The Morgan fingerprint density at radius 1 is 1.00 bits per heavy atom. The van der Waals surface area contributed by atoms with Crippen molar-refractivity contribution >= 4 is 67.5 Å². The number of hydrogen-bond acceptors (Lipinski definition) is 6. The Labute approximate surface area is 237 Å². The number of carbonyl (C=O) groups excluding carboxylic acids is 3. The maximum Gasteiger partial charge on any atom is 0.327 e. The van der Waals surface area contributed by atoms with E-state index in [4.69, 9.17) is 27.9 Å². The lowest BCUT2D eigenvalue weighted by molar-refractivity contribution is -0.152. The number of ketones is 1. The summed E-state index contributed by atoms with van der Waals surface area (Å²) < 4.78 is 35.5. The Morgan fingerprint density at radius 3 is 2.21 bits per heavy atom. The van der Waals surface area contributed by atoms with Crippen LogP contribution in [0.15, 0.2) is 47.5 Å². The number of hydrogen-bond donors (Lipinski definition) is 0. The smallest absolute Gasteiger partial charge is 0.327 e. The van der Waals surface area contributed by atoms with Gasteiger partial charge in [-0.1, -0.05) is 23.2 Å². The normalized spacial score (nSPS) is 14.1. The molecule has 1 aromatic heterocycles. The number of nitrogens with zero attached hydrogens (tertiary/aromatic N) is 3. The molecule has 0 atom stereocenters. The zero-order valence-electron chi connectivity index (χ0n) is 22.0. The van der Waals surface area contributed by atoms with Crippen LogP contribution in [0.5, 0.6) is 0 Å². The lowest BCUT2D eigenvalue weighted by Gasteiger charge is -2.26. The van der Waals surface area contributed by atoms with Crippen LogP contribution in [0.2, 0.25) is 10.0 Å². The number of rotatable bonds is 7. The summed E-state index contributed by atoms with van der Waals surface area (Å²) in [5.41, 5.74) is 0.0266. The zero-order valence-corrected chi connectivity index (χ0v) is 24.4. The van der Waals surface area contributed by atoms with Crippen LogP contribution in [0.3, 0.4) is 0 Å². The highest BCUT2D eigenvalue weighted by molar-refractivity contribution is 7.92. The van der Waals surface area contributed by atoms with Crippen molar-refractivity contribution in [2.75, 3.05) is 23.9 Å². The van der Waals surface area contributed by atoms with Gasteiger partial charge in [-0.25, -0.2) is 8.42 Å². The minimum Gasteiger partial charge on any atom is -0.459 e. The summed E-state index contributed by atoms with van der Waals surface area (Å²) in [6.45, 7) is 5.50. The van der Waals surface area contributed by atoms with Gasteiger partial charge in [0.2, 0.25) is 0 Å². The molecular formula is C27H29Cl2N3O6S. The van der Waals surface area contributed by atoms with Crippen LogP contribution in [0.25, 0.3) is 10.9 Å². The second-order valence-electron chi connectivity index (χ2n) is 10.4. The maximum atomic E-state index is 13.8. The van der Waals surface area contributed by atoms with E-state index in [-0.39, 0.29) is 26.2 Å². The van der Waals surface area contributed by atoms with Gasteiger partial charge in [-0.15, -0.1) is 0 Å². The summed E-state index contributed by atoms with van der Waals surface area (Å²) in [6, 6.07) is 8.48. The minimum absolute atomic E-state index is 0.113. The van der Waals surface area contributed by atoms with Gasteiger partial charge in [0.1, 0.15) is 12.1 Å². The third kappa shape index (κ3) is 6.23. The number of carbonyl (C=O) groups is 3. The topological polar surface area (TPSA) is 106 Å². The highest BCUT2D eigenvalue weighted by Crippen LogP contribution is 2.32. The molecule has 12 heteroatoms. The number of aryl methyl sites for hydroxylation is 1. The molecule has 0 unspecified atom stereocenters. The van der Waals surface area contributed by atoms with Crippen molar-refractivity contribution in [1.29, 1.82) is 0 Å². The van der Waals surface area contributed by atoms with Crippen LogP contribution < -0.4 is 4.31 Å². The predicted octanol–water partition coefficient (Wildman–Crippen LogP) is 4.83. The second kappa shape index (κ2) is 10.8. The number of benzene rings is 2. The van der Waals surface area contributed by atoms with Crippen molar-refractivity contribution in [3.05, 3.63) is 58.2 Å². The predicted molar refractivity (Wildman–Crippen MR) is 150 cm³/mol. The number of Topliss-reactive ketones (excluding diaryl/α,β-unsaturated/α-hetero) is 1. The molecule has 9 nitrogen and oxygen atoms in total. The van der Waals surface area contributed by atoms with Gasteiger partial charge in [-0.2, -0.15) is 0 Å². The van der Waals surface area contributed by atoms with Crippen LogP contribution in [-0.4, -0.2) is 60.8 Å². The van der Waals surface area contributed by atoms with E-state index >= 15 is 0 Å². The molecule has 0 spiro atoms. The molecule has 1 aliphatic rings. The number of likely N-dealkylation sites (tertiary alicyclic amines) is 1. The van der Waals surface area contributed by atoms with E-state index in [1.807, 2.05) is 0 Å². The zero-order chi connectivity index (χ0) is 28.7. The number of ether oxygens (including phenoxy) is 1. The van der Waals surface area contributed by atoms with Gasteiger partial charge >= 0.3 is 5.97 Å². The van der Waals surface area contributed by atoms with Crippen molar-refractivity contribution in [2.45, 2.75) is 44.1 Å². The first kappa shape index (κ1) is 28.9. The van der Waals surface area contributed by atoms with Crippen molar-refractivity contribution in [1.82, 2.24) is 9.47 Å². The molecule has 2 heterocycles. The van der Waals surface area contributed by atoms with E-state index in [2.05, 4.69) is 0 Å². The van der Waals surface area contributed by atoms with Gasteiger partial charge in [0.25, 0.3) is 21.7 Å². The Hall–Kier alpha value is -3.08. The lowest BCUT2D eigenvalue weighted by Crippen LogP contribution is -2.39. The first-order valence-corrected chi connectivity index (χ1v) is 14.5. The standard InChI is InChI=1S/C27H29Cl2N3O6S/c1-27(2,3)38-24(33)16-32(39(36,37)20-12-17(28)11-18(29)13-20)19-7-8-21-22(15-30(4)23(21)14-19)25(34)26(35)31-9-5-6-10-31/h7-8,11-15H,5-6,9-10,16H2,1-4H3. The Morgan fingerprint density at radius 2 is 1.62 bits per heavy atom. The summed E-state index contributed by atoms with van der Waals surface area (Å²) in [5.74, 6) is -1.95. The quantitative estimate of drug-likeness (QED) is 0.221. The van der Waals surface area contributed by atoms with E-state index in [1.54, 1.807) is 55.6 Å². The van der Waals surface area contributed by atoms with E-state index < -0.39 is 39.8 Å². The highest BCUT2D eigenvalue weighted by Gasteiger charge is 2.32. The van der Waals surface area contributed by atoms with Crippen LogP contribution >= 0.6 is 23.2 Å². The fourth-order valence-electron chi connectivity index (χ4n) is 4.50. The van der Waals surface area contributed by atoms with E-state index in [1.165, 1.54) is 24.3 Å². The number of aromatic nitrogens is 1. The number of esters is 1. The molecule has 1 amide bonds. The van der Waals surface area contributed by atoms with Gasteiger partial charge in [-0.05, 0) is 70.0 Å².